The molecular formula is C14H23BrN2. The first-order chi connectivity index (χ1) is 7.93. The van der Waals surface area contributed by atoms with Gasteiger partial charge >= 0.3 is 0 Å². The summed E-state index contributed by atoms with van der Waals surface area (Å²) in [5.41, 5.74) is 7.33. The van der Waals surface area contributed by atoms with Crippen molar-refractivity contribution in [3.05, 3.63) is 34.3 Å². The Bertz CT molecular complexity index is 333. The molecule has 0 aliphatic carbocycles. The average Bonchev–Trinajstić information content (AvgIpc) is 2.28. The van der Waals surface area contributed by atoms with Crippen LogP contribution in [-0.4, -0.2) is 31.6 Å². The molecule has 0 saturated heterocycles. The Morgan fingerprint density at radius 3 is 2.35 bits per heavy atom. The van der Waals surface area contributed by atoms with Crippen molar-refractivity contribution in [2.75, 3.05) is 26.7 Å². The van der Waals surface area contributed by atoms with Crippen LogP contribution in [0.1, 0.15) is 19.4 Å². The summed E-state index contributed by atoms with van der Waals surface area (Å²) < 4.78 is 1.14. The van der Waals surface area contributed by atoms with Crippen LogP contribution in [0.4, 0.5) is 0 Å². The molecule has 96 valence electrons. The van der Waals surface area contributed by atoms with E-state index in [4.69, 9.17) is 5.73 Å². The fourth-order valence-electron chi connectivity index (χ4n) is 1.85. The lowest BCUT2D eigenvalue weighted by atomic mass is 9.93. The normalized spacial score (nSPS) is 12.1. The van der Waals surface area contributed by atoms with E-state index in [0.29, 0.717) is 0 Å². The first-order valence-electron chi connectivity index (χ1n) is 6.06. The van der Waals surface area contributed by atoms with Crippen LogP contribution < -0.4 is 5.73 Å². The third-order valence-electron chi connectivity index (χ3n) is 2.95. The summed E-state index contributed by atoms with van der Waals surface area (Å²) in [5.74, 6) is 0. The van der Waals surface area contributed by atoms with Gasteiger partial charge in [-0.1, -0.05) is 41.9 Å². The summed E-state index contributed by atoms with van der Waals surface area (Å²) in [5, 5.41) is 0. The van der Waals surface area contributed by atoms with Crippen molar-refractivity contribution in [3.63, 3.8) is 0 Å². The van der Waals surface area contributed by atoms with E-state index in [9.17, 15) is 0 Å². The maximum absolute atomic E-state index is 5.75. The van der Waals surface area contributed by atoms with Crippen LogP contribution in [0.3, 0.4) is 0 Å². The van der Waals surface area contributed by atoms with Gasteiger partial charge in [-0.3, -0.25) is 0 Å². The van der Waals surface area contributed by atoms with Crippen molar-refractivity contribution in [2.24, 2.45) is 11.1 Å². The smallest absolute Gasteiger partial charge is 0.0175 e. The lowest BCUT2D eigenvalue weighted by Gasteiger charge is -2.29. The van der Waals surface area contributed by atoms with Crippen LogP contribution in [0.5, 0.6) is 0 Å². The zero-order valence-corrected chi connectivity index (χ0v) is 12.6. The third kappa shape index (κ3) is 5.66. The highest BCUT2D eigenvalue weighted by molar-refractivity contribution is 9.10. The molecule has 0 bridgehead atoms. The third-order valence-corrected chi connectivity index (χ3v) is 3.47. The maximum atomic E-state index is 5.75. The predicted molar refractivity (Wildman–Crippen MR) is 78.2 cm³/mol. The molecule has 0 aliphatic heterocycles. The largest absolute Gasteiger partial charge is 0.330 e. The second-order valence-electron chi connectivity index (χ2n) is 5.48. The summed E-state index contributed by atoms with van der Waals surface area (Å²) in [6.07, 6.45) is 1.09. The zero-order valence-electron chi connectivity index (χ0n) is 11.0. The van der Waals surface area contributed by atoms with E-state index in [0.717, 1.165) is 30.5 Å². The van der Waals surface area contributed by atoms with Gasteiger partial charge in [0.15, 0.2) is 0 Å². The van der Waals surface area contributed by atoms with E-state index < -0.39 is 0 Å². The van der Waals surface area contributed by atoms with Gasteiger partial charge in [0, 0.05) is 17.6 Å². The Morgan fingerprint density at radius 1 is 1.24 bits per heavy atom. The first kappa shape index (κ1) is 14.7. The van der Waals surface area contributed by atoms with Gasteiger partial charge in [-0.05, 0) is 43.1 Å². The molecule has 0 radical (unpaired) electrons. The van der Waals surface area contributed by atoms with Gasteiger partial charge in [0.05, 0.1) is 0 Å². The molecule has 0 amide bonds. The summed E-state index contributed by atoms with van der Waals surface area (Å²) in [4.78, 5) is 2.36. The lowest BCUT2D eigenvalue weighted by Crippen LogP contribution is -2.37. The van der Waals surface area contributed by atoms with Crippen molar-refractivity contribution >= 4 is 15.9 Å². The maximum Gasteiger partial charge on any atom is 0.0175 e. The minimum absolute atomic E-state index is 0.203. The number of halogens is 1. The number of likely N-dealkylation sites (N-methyl/N-ethyl adjacent to an activating group) is 1. The quantitative estimate of drug-likeness (QED) is 0.875. The minimum Gasteiger partial charge on any atom is -0.330 e. The molecule has 0 aliphatic rings. The number of hydrogen-bond acceptors (Lipinski definition) is 2. The monoisotopic (exact) mass is 298 g/mol. The molecule has 0 unspecified atom stereocenters. The Kier molecular flexibility index (Phi) is 5.63. The predicted octanol–water partition coefficient (Wildman–Crippen LogP) is 2.91. The number of nitrogens with zero attached hydrogens (tertiary/aromatic N) is 1. The van der Waals surface area contributed by atoms with Gasteiger partial charge in [-0.2, -0.15) is 0 Å². The highest BCUT2D eigenvalue weighted by Gasteiger charge is 2.17. The van der Waals surface area contributed by atoms with Crippen molar-refractivity contribution < 1.29 is 0 Å². The van der Waals surface area contributed by atoms with Crippen molar-refractivity contribution in [2.45, 2.75) is 20.3 Å². The van der Waals surface area contributed by atoms with Gasteiger partial charge in [-0.15, -0.1) is 0 Å². The van der Waals surface area contributed by atoms with Crippen LogP contribution in [0, 0.1) is 5.41 Å². The molecule has 1 aromatic rings. The molecule has 17 heavy (non-hydrogen) atoms. The van der Waals surface area contributed by atoms with Gasteiger partial charge < -0.3 is 10.6 Å². The number of nitrogens with two attached hydrogens (primary N) is 1. The second-order valence-corrected chi connectivity index (χ2v) is 6.40. The second kappa shape index (κ2) is 6.53. The molecule has 0 fully saturated rings. The summed E-state index contributed by atoms with van der Waals surface area (Å²) in [7, 11) is 2.16. The Morgan fingerprint density at radius 2 is 1.82 bits per heavy atom. The molecule has 0 aromatic heterocycles. The summed E-state index contributed by atoms with van der Waals surface area (Å²) in [6, 6.07) is 8.54. The van der Waals surface area contributed by atoms with Crippen molar-refractivity contribution in [1.29, 1.82) is 0 Å². The van der Waals surface area contributed by atoms with Crippen LogP contribution in [0.15, 0.2) is 28.7 Å². The van der Waals surface area contributed by atoms with Gasteiger partial charge in [0.1, 0.15) is 0 Å². The van der Waals surface area contributed by atoms with E-state index in [2.05, 4.69) is 66.0 Å². The topological polar surface area (TPSA) is 29.3 Å². The fraction of sp³-hybridized carbons (Fsp3) is 0.571. The molecule has 1 rings (SSSR count). The van der Waals surface area contributed by atoms with Crippen molar-refractivity contribution in [3.8, 4) is 0 Å². The molecule has 0 saturated carbocycles. The highest BCUT2D eigenvalue weighted by Crippen LogP contribution is 2.15. The highest BCUT2D eigenvalue weighted by atomic mass is 79.9. The fourth-order valence-corrected chi connectivity index (χ4v) is 2.11. The van der Waals surface area contributed by atoms with Gasteiger partial charge in [0.2, 0.25) is 0 Å². The van der Waals surface area contributed by atoms with Crippen LogP contribution in [0.25, 0.3) is 0 Å². The van der Waals surface area contributed by atoms with E-state index in [1.807, 2.05) is 0 Å². The van der Waals surface area contributed by atoms with Crippen molar-refractivity contribution in [1.82, 2.24) is 4.90 Å². The standard InChI is InChI=1S/C14H23BrN2/c1-14(2,10-16)11-17(3)9-8-12-4-6-13(15)7-5-12/h4-7H,8-11,16H2,1-3H3. The number of benzene rings is 1. The molecule has 3 heteroatoms. The SMILES string of the molecule is CN(CCc1ccc(Br)cc1)CC(C)(C)CN. The average molecular weight is 299 g/mol. The minimum atomic E-state index is 0.203. The lowest BCUT2D eigenvalue weighted by molar-refractivity contribution is 0.218. The molecule has 0 spiro atoms. The van der Waals surface area contributed by atoms with E-state index in [1.165, 1.54) is 5.56 Å². The van der Waals surface area contributed by atoms with Crippen LogP contribution in [0.2, 0.25) is 0 Å². The summed E-state index contributed by atoms with van der Waals surface area (Å²) in [6.45, 7) is 7.27. The molecule has 2 N–H and O–H groups in total. The Hall–Kier alpha value is -0.380. The van der Waals surface area contributed by atoms with E-state index in [1.54, 1.807) is 0 Å². The van der Waals surface area contributed by atoms with E-state index in [-0.39, 0.29) is 5.41 Å². The van der Waals surface area contributed by atoms with E-state index >= 15 is 0 Å². The van der Waals surface area contributed by atoms with Crippen LogP contribution in [-0.2, 0) is 6.42 Å². The molecule has 0 atom stereocenters. The molecule has 1 aromatic carbocycles. The van der Waals surface area contributed by atoms with Gasteiger partial charge in [0.25, 0.3) is 0 Å². The van der Waals surface area contributed by atoms with Gasteiger partial charge in [-0.25, -0.2) is 0 Å². The summed E-state index contributed by atoms with van der Waals surface area (Å²) >= 11 is 3.45. The Labute approximate surface area is 113 Å². The Balaban J connectivity index is 2.38. The molecular weight excluding hydrogens is 276 g/mol. The zero-order chi connectivity index (χ0) is 12.9. The first-order valence-corrected chi connectivity index (χ1v) is 6.85. The number of hydrogen-bond donors (Lipinski definition) is 1. The van der Waals surface area contributed by atoms with Crippen LogP contribution >= 0.6 is 15.9 Å². The number of rotatable bonds is 6. The molecule has 0 heterocycles. The molecule has 2 nitrogen and oxygen atoms in total.